The van der Waals surface area contributed by atoms with Crippen molar-refractivity contribution < 1.29 is 14.3 Å². The molecule has 148 valence electrons. The van der Waals surface area contributed by atoms with Gasteiger partial charge in [0.2, 0.25) is 5.91 Å². The van der Waals surface area contributed by atoms with Crippen molar-refractivity contribution >= 4 is 45.5 Å². The average Bonchev–Trinajstić information content (AvgIpc) is 3.05. The largest absolute Gasteiger partial charge is 0.462 e. The topological polar surface area (TPSA) is 67.4 Å². The Kier molecular flexibility index (Phi) is 7.17. The number of anilines is 1. The van der Waals surface area contributed by atoms with E-state index in [1.54, 1.807) is 6.92 Å². The van der Waals surface area contributed by atoms with Gasteiger partial charge in [0.25, 0.3) is 0 Å². The highest BCUT2D eigenvalue weighted by Crippen LogP contribution is 2.38. The summed E-state index contributed by atoms with van der Waals surface area (Å²) in [5.74, 6) is -0.483. The lowest BCUT2D eigenvalue weighted by molar-refractivity contribution is -0.119. The number of amides is 1. The number of benzene rings is 1. The normalized spacial score (nSPS) is 12.8. The van der Waals surface area contributed by atoms with Crippen molar-refractivity contribution in [3.63, 3.8) is 0 Å². The Bertz CT molecular complexity index is 862. The summed E-state index contributed by atoms with van der Waals surface area (Å²) in [5.41, 5.74) is 2.74. The molecular formula is C21H24N2O3S2. The zero-order valence-corrected chi connectivity index (χ0v) is 17.5. The second-order valence-corrected chi connectivity index (χ2v) is 8.14. The van der Waals surface area contributed by atoms with E-state index in [-0.39, 0.29) is 17.0 Å². The zero-order chi connectivity index (χ0) is 19.9. The number of ether oxygens (including phenoxy) is 1. The van der Waals surface area contributed by atoms with Crippen molar-refractivity contribution in [2.24, 2.45) is 0 Å². The van der Waals surface area contributed by atoms with Gasteiger partial charge in [-0.2, -0.15) is 0 Å². The van der Waals surface area contributed by atoms with Gasteiger partial charge in [-0.3, -0.25) is 4.79 Å². The molecule has 5 nitrogen and oxygen atoms in total. The molecule has 0 unspecified atom stereocenters. The first-order valence-electron chi connectivity index (χ1n) is 9.55. The fraction of sp³-hybridized carbons (Fsp3) is 0.381. The SMILES string of the molecule is CCOC(=O)c1c(NC(=S)NC(=O)CCc2ccccc2)sc2c1CCCC2. The van der Waals surface area contributed by atoms with Gasteiger partial charge in [-0.15, -0.1) is 11.3 Å². The second kappa shape index (κ2) is 9.80. The Balaban J connectivity index is 1.63. The molecule has 2 N–H and O–H groups in total. The van der Waals surface area contributed by atoms with Gasteiger partial charge < -0.3 is 15.4 Å². The number of nitrogens with one attached hydrogen (secondary N) is 2. The third-order valence-corrected chi connectivity index (χ3v) is 6.03. The van der Waals surface area contributed by atoms with Gasteiger partial charge in [-0.1, -0.05) is 30.3 Å². The van der Waals surface area contributed by atoms with Crippen molar-refractivity contribution in [3.05, 3.63) is 51.9 Å². The van der Waals surface area contributed by atoms with E-state index >= 15 is 0 Å². The molecule has 0 saturated heterocycles. The van der Waals surface area contributed by atoms with Crippen LogP contribution in [0.5, 0.6) is 0 Å². The highest BCUT2D eigenvalue weighted by Gasteiger charge is 2.26. The predicted molar refractivity (Wildman–Crippen MR) is 116 cm³/mol. The Labute approximate surface area is 174 Å². The monoisotopic (exact) mass is 416 g/mol. The molecular weight excluding hydrogens is 392 g/mol. The molecule has 1 amide bonds. The van der Waals surface area contributed by atoms with Crippen molar-refractivity contribution in [2.75, 3.05) is 11.9 Å². The molecule has 1 aromatic carbocycles. The van der Waals surface area contributed by atoms with Crippen molar-refractivity contribution in [1.82, 2.24) is 5.32 Å². The average molecular weight is 417 g/mol. The smallest absolute Gasteiger partial charge is 0.341 e. The Hall–Kier alpha value is -2.25. The van der Waals surface area contributed by atoms with E-state index in [1.807, 2.05) is 30.3 Å². The van der Waals surface area contributed by atoms with E-state index in [0.717, 1.165) is 36.8 Å². The van der Waals surface area contributed by atoms with Gasteiger partial charge in [-0.25, -0.2) is 4.79 Å². The number of hydrogen-bond donors (Lipinski definition) is 2. The molecule has 28 heavy (non-hydrogen) atoms. The van der Waals surface area contributed by atoms with E-state index in [2.05, 4.69) is 10.6 Å². The number of esters is 1. The molecule has 1 aliphatic rings. The summed E-state index contributed by atoms with van der Waals surface area (Å²) in [5, 5.41) is 6.64. The van der Waals surface area contributed by atoms with Crippen LogP contribution in [-0.4, -0.2) is 23.6 Å². The molecule has 3 rings (SSSR count). The third kappa shape index (κ3) is 5.17. The first kappa shape index (κ1) is 20.5. The number of carbonyl (C=O) groups excluding carboxylic acids is 2. The number of carbonyl (C=O) groups is 2. The summed E-state index contributed by atoms with van der Waals surface area (Å²) in [7, 11) is 0. The van der Waals surface area contributed by atoms with Crippen molar-refractivity contribution in [3.8, 4) is 0 Å². The van der Waals surface area contributed by atoms with Crippen LogP contribution >= 0.6 is 23.6 Å². The summed E-state index contributed by atoms with van der Waals surface area (Å²) in [6, 6.07) is 9.84. The molecule has 2 aromatic rings. The summed E-state index contributed by atoms with van der Waals surface area (Å²) in [6.07, 6.45) is 5.02. The number of thiophene rings is 1. The molecule has 0 radical (unpaired) electrons. The van der Waals surface area contributed by atoms with Crippen LogP contribution < -0.4 is 10.6 Å². The van der Waals surface area contributed by atoms with Crippen molar-refractivity contribution in [2.45, 2.75) is 45.4 Å². The lowest BCUT2D eigenvalue weighted by Gasteiger charge is -2.13. The molecule has 0 saturated carbocycles. The minimum absolute atomic E-state index is 0.152. The fourth-order valence-corrected chi connectivity index (χ4v) is 4.86. The van der Waals surface area contributed by atoms with Crippen molar-refractivity contribution in [1.29, 1.82) is 0 Å². The molecule has 0 bridgehead atoms. The van der Waals surface area contributed by atoms with E-state index in [9.17, 15) is 9.59 Å². The molecule has 1 aromatic heterocycles. The quantitative estimate of drug-likeness (QED) is 0.544. The maximum absolute atomic E-state index is 12.5. The van der Waals surface area contributed by atoms with Crippen LogP contribution in [0.3, 0.4) is 0 Å². The van der Waals surface area contributed by atoms with E-state index in [4.69, 9.17) is 17.0 Å². The Morgan fingerprint density at radius 1 is 1.18 bits per heavy atom. The van der Waals surface area contributed by atoms with Gasteiger partial charge in [0.15, 0.2) is 5.11 Å². The van der Waals surface area contributed by atoms with Crippen LogP contribution in [-0.2, 0) is 28.8 Å². The molecule has 0 atom stereocenters. The maximum Gasteiger partial charge on any atom is 0.341 e. The third-order valence-electron chi connectivity index (χ3n) is 4.61. The summed E-state index contributed by atoms with van der Waals surface area (Å²) >= 11 is 6.84. The van der Waals surface area contributed by atoms with Gasteiger partial charge in [0.1, 0.15) is 5.00 Å². The van der Waals surface area contributed by atoms with Crippen LogP contribution in [0.4, 0.5) is 5.00 Å². The zero-order valence-electron chi connectivity index (χ0n) is 15.9. The maximum atomic E-state index is 12.5. The predicted octanol–water partition coefficient (Wildman–Crippen LogP) is 4.25. The fourth-order valence-electron chi connectivity index (χ4n) is 3.30. The first-order valence-corrected chi connectivity index (χ1v) is 10.8. The van der Waals surface area contributed by atoms with E-state index in [1.165, 1.54) is 16.2 Å². The van der Waals surface area contributed by atoms with Crippen LogP contribution in [0.15, 0.2) is 30.3 Å². The van der Waals surface area contributed by atoms with E-state index in [0.29, 0.717) is 30.0 Å². The summed E-state index contributed by atoms with van der Waals surface area (Å²) in [6.45, 7) is 2.12. The Morgan fingerprint density at radius 3 is 2.68 bits per heavy atom. The number of hydrogen-bond acceptors (Lipinski definition) is 5. The van der Waals surface area contributed by atoms with E-state index < -0.39 is 0 Å². The molecule has 1 heterocycles. The summed E-state index contributed by atoms with van der Waals surface area (Å²) < 4.78 is 5.24. The van der Waals surface area contributed by atoms with Crippen LogP contribution in [0.2, 0.25) is 0 Å². The first-order chi connectivity index (χ1) is 13.6. The number of rotatable bonds is 6. The minimum atomic E-state index is -0.331. The van der Waals surface area contributed by atoms with Crippen LogP contribution in [0.25, 0.3) is 0 Å². The number of aryl methyl sites for hydroxylation is 2. The Morgan fingerprint density at radius 2 is 1.93 bits per heavy atom. The molecule has 7 heteroatoms. The molecule has 0 spiro atoms. The standard InChI is InChI=1S/C21H24N2O3S2/c1-2-26-20(25)18-15-10-6-7-11-16(15)28-19(18)23-21(27)22-17(24)13-12-14-8-4-3-5-9-14/h3-5,8-9H,2,6-7,10-13H2,1H3,(H2,22,23,24,27). The number of fused-ring (bicyclic) bond motifs is 1. The van der Waals surface area contributed by atoms with Gasteiger partial charge in [-0.05, 0) is 62.4 Å². The lowest BCUT2D eigenvalue weighted by atomic mass is 9.95. The lowest BCUT2D eigenvalue weighted by Crippen LogP contribution is -2.34. The highest BCUT2D eigenvalue weighted by molar-refractivity contribution is 7.80. The van der Waals surface area contributed by atoms with Gasteiger partial charge in [0.05, 0.1) is 12.2 Å². The van der Waals surface area contributed by atoms with Gasteiger partial charge in [0, 0.05) is 11.3 Å². The van der Waals surface area contributed by atoms with Crippen LogP contribution in [0, 0.1) is 0 Å². The molecule has 0 fully saturated rings. The summed E-state index contributed by atoms with van der Waals surface area (Å²) in [4.78, 5) is 25.9. The second-order valence-electron chi connectivity index (χ2n) is 6.62. The number of thiocarbonyl (C=S) groups is 1. The molecule has 1 aliphatic carbocycles. The molecule has 0 aliphatic heterocycles. The van der Waals surface area contributed by atoms with Gasteiger partial charge >= 0.3 is 5.97 Å². The van der Waals surface area contributed by atoms with Crippen LogP contribution in [0.1, 0.15) is 52.5 Å². The highest BCUT2D eigenvalue weighted by atomic mass is 32.1. The minimum Gasteiger partial charge on any atom is -0.462 e.